The van der Waals surface area contributed by atoms with Gasteiger partial charge in [-0.1, -0.05) is 26.7 Å². The van der Waals surface area contributed by atoms with Gasteiger partial charge in [-0.05, 0) is 24.6 Å². The predicted octanol–water partition coefficient (Wildman–Crippen LogP) is 3.28. The Bertz CT molecular complexity index is 463. The predicted molar refractivity (Wildman–Crippen MR) is 82.0 cm³/mol. The maximum Gasteiger partial charge on any atom is 0.315 e. The molecular weight excluding hydrogens is 272 g/mol. The number of hydrogen-bond donors (Lipinski definition) is 1. The fourth-order valence-electron chi connectivity index (χ4n) is 1.97. The van der Waals surface area contributed by atoms with Crippen molar-refractivity contribution >= 4 is 5.69 Å². The van der Waals surface area contributed by atoms with Crippen molar-refractivity contribution in [1.82, 2.24) is 5.32 Å². The fraction of sp³-hybridized carbons (Fsp3) is 0.600. The van der Waals surface area contributed by atoms with Gasteiger partial charge < -0.3 is 14.8 Å². The largest absolute Gasteiger partial charge is 0.493 e. The molecule has 0 spiro atoms. The van der Waals surface area contributed by atoms with E-state index in [9.17, 15) is 10.1 Å². The Balaban J connectivity index is 2.99. The minimum Gasteiger partial charge on any atom is -0.493 e. The lowest BCUT2D eigenvalue weighted by Crippen LogP contribution is -2.12. The smallest absolute Gasteiger partial charge is 0.315 e. The first-order valence-electron chi connectivity index (χ1n) is 7.32. The number of nitro groups is 1. The highest BCUT2D eigenvalue weighted by atomic mass is 16.6. The third kappa shape index (κ3) is 5.23. The van der Waals surface area contributed by atoms with Gasteiger partial charge in [0.05, 0.1) is 18.6 Å². The summed E-state index contributed by atoms with van der Waals surface area (Å²) in [4.78, 5) is 10.8. The van der Waals surface area contributed by atoms with Crippen LogP contribution in [0.4, 0.5) is 5.69 Å². The molecule has 0 saturated carbocycles. The summed E-state index contributed by atoms with van der Waals surface area (Å²) in [5, 5.41) is 14.4. The van der Waals surface area contributed by atoms with Crippen molar-refractivity contribution in [2.24, 2.45) is 0 Å². The summed E-state index contributed by atoms with van der Waals surface area (Å²) in [6, 6.07) is 3.32. The van der Waals surface area contributed by atoms with Crippen LogP contribution in [0.1, 0.15) is 38.7 Å². The van der Waals surface area contributed by atoms with E-state index >= 15 is 0 Å². The normalized spacial score (nSPS) is 10.4. The highest BCUT2D eigenvalue weighted by molar-refractivity contribution is 5.58. The van der Waals surface area contributed by atoms with E-state index < -0.39 is 4.92 Å². The number of methoxy groups -OCH3 is 1. The Hall–Kier alpha value is -1.82. The number of benzene rings is 1. The molecule has 1 N–H and O–H groups in total. The summed E-state index contributed by atoms with van der Waals surface area (Å²) < 4.78 is 10.9. The number of nitrogens with zero attached hydrogens (tertiary/aromatic N) is 1. The molecule has 0 unspecified atom stereocenters. The zero-order valence-electron chi connectivity index (χ0n) is 13.0. The van der Waals surface area contributed by atoms with Crippen LogP contribution in [0.3, 0.4) is 0 Å². The number of nitrogens with one attached hydrogen (secondary N) is 1. The van der Waals surface area contributed by atoms with Crippen LogP contribution >= 0.6 is 0 Å². The topological polar surface area (TPSA) is 73.6 Å². The van der Waals surface area contributed by atoms with Crippen molar-refractivity contribution in [2.45, 2.75) is 39.7 Å². The molecule has 0 saturated heterocycles. The van der Waals surface area contributed by atoms with Crippen LogP contribution in [-0.4, -0.2) is 25.2 Å². The van der Waals surface area contributed by atoms with Crippen molar-refractivity contribution in [1.29, 1.82) is 0 Å². The highest BCUT2D eigenvalue weighted by Gasteiger charge is 2.22. The van der Waals surface area contributed by atoms with Crippen molar-refractivity contribution in [3.05, 3.63) is 27.8 Å². The third-order valence-electron chi connectivity index (χ3n) is 3.09. The number of ether oxygens (including phenoxy) is 2. The van der Waals surface area contributed by atoms with Gasteiger partial charge in [-0.25, -0.2) is 0 Å². The Morgan fingerprint density at radius 1 is 1.29 bits per heavy atom. The molecule has 1 aromatic rings. The van der Waals surface area contributed by atoms with Crippen LogP contribution in [0.5, 0.6) is 11.5 Å². The number of nitro benzene ring substituents is 1. The summed E-state index contributed by atoms with van der Waals surface area (Å²) in [6.45, 7) is 5.89. The number of rotatable bonds is 10. The van der Waals surface area contributed by atoms with E-state index in [1.807, 2.05) is 6.92 Å². The molecule has 0 aliphatic heterocycles. The van der Waals surface area contributed by atoms with Crippen LogP contribution < -0.4 is 14.8 Å². The van der Waals surface area contributed by atoms with Gasteiger partial charge >= 0.3 is 5.69 Å². The van der Waals surface area contributed by atoms with Crippen LogP contribution in [-0.2, 0) is 6.54 Å². The standard InChI is InChI=1S/C15H24N2O4/c1-4-6-7-8-21-15-13(17(18)19)9-12(11-16-5-2)10-14(15)20-3/h9-10,16H,4-8,11H2,1-3H3. The average Bonchev–Trinajstić information content (AvgIpc) is 2.49. The van der Waals surface area contributed by atoms with Gasteiger partial charge in [0.2, 0.25) is 5.75 Å². The molecule has 0 bridgehead atoms. The second-order valence-corrected chi connectivity index (χ2v) is 4.74. The molecule has 21 heavy (non-hydrogen) atoms. The molecular formula is C15H24N2O4. The van der Waals surface area contributed by atoms with Gasteiger partial charge in [0.1, 0.15) is 0 Å². The van der Waals surface area contributed by atoms with E-state index in [0.29, 0.717) is 18.9 Å². The molecule has 0 aliphatic rings. The molecule has 0 heterocycles. The van der Waals surface area contributed by atoms with E-state index in [1.54, 1.807) is 12.1 Å². The summed E-state index contributed by atoms with van der Waals surface area (Å²) in [5.41, 5.74) is 0.764. The lowest BCUT2D eigenvalue weighted by Gasteiger charge is -2.13. The third-order valence-corrected chi connectivity index (χ3v) is 3.09. The van der Waals surface area contributed by atoms with Crippen LogP contribution in [0.15, 0.2) is 12.1 Å². The average molecular weight is 296 g/mol. The van der Waals surface area contributed by atoms with Crippen molar-refractivity contribution in [3.8, 4) is 11.5 Å². The van der Waals surface area contributed by atoms with Crippen LogP contribution in [0, 0.1) is 10.1 Å². The maximum atomic E-state index is 11.3. The minimum atomic E-state index is -0.423. The Labute approximate surface area is 125 Å². The first kappa shape index (κ1) is 17.2. The van der Waals surface area contributed by atoms with Crippen LogP contribution in [0.2, 0.25) is 0 Å². The van der Waals surface area contributed by atoms with E-state index in [0.717, 1.165) is 31.4 Å². The first-order valence-corrected chi connectivity index (χ1v) is 7.32. The van der Waals surface area contributed by atoms with E-state index in [-0.39, 0.29) is 11.4 Å². The molecule has 0 atom stereocenters. The minimum absolute atomic E-state index is 0.0428. The maximum absolute atomic E-state index is 11.3. The quantitative estimate of drug-likeness (QED) is 0.407. The van der Waals surface area contributed by atoms with E-state index in [4.69, 9.17) is 9.47 Å². The molecule has 118 valence electrons. The molecule has 6 heteroatoms. The van der Waals surface area contributed by atoms with E-state index in [1.165, 1.54) is 7.11 Å². The van der Waals surface area contributed by atoms with Gasteiger partial charge in [-0.3, -0.25) is 10.1 Å². The molecule has 0 radical (unpaired) electrons. The molecule has 1 rings (SSSR count). The first-order chi connectivity index (χ1) is 10.1. The second kappa shape index (κ2) is 9.18. The van der Waals surface area contributed by atoms with Gasteiger partial charge in [0.25, 0.3) is 0 Å². The molecule has 0 amide bonds. The lowest BCUT2D eigenvalue weighted by molar-refractivity contribution is -0.386. The SMILES string of the molecule is CCCCCOc1c(OC)cc(CNCC)cc1[N+](=O)[O-]. The number of hydrogen-bond acceptors (Lipinski definition) is 5. The van der Waals surface area contributed by atoms with Crippen LogP contribution in [0.25, 0.3) is 0 Å². The number of unbranched alkanes of at least 4 members (excludes halogenated alkanes) is 2. The highest BCUT2D eigenvalue weighted by Crippen LogP contribution is 2.38. The van der Waals surface area contributed by atoms with Gasteiger partial charge in [0.15, 0.2) is 5.75 Å². The zero-order chi connectivity index (χ0) is 15.7. The fourth-order valence-corrected chi connectivity index (χ4v) is 1.97. The zero-order valence-corrected chi connectivity index (χ0v) is 13.0. The second-order valence-electron chi connectivity index (χ2n) is 4.74. The Morgan fingerprint density at radius 2 is 2.05 bits per heavy atom. The molecule has 1 aromatic carbocycles. The molecule has 0 aliphatic carbocycles. The van der Waals surface area contributed by atoms with Gasteiger partial charge in [-0.15, -0.1) is 0 Å². The summed E-state index contributed by atoms with van der Waals surface area (Å²) in [6.07, 6.45) is 2.98. The Morgan fingerprint density at radius 3 is 2.62 bits per heavy atom. The summed E-state index contributed by atoms with van der Waals surface area (Å²) in [7, 11) is 1.50. The Kier molecular flexibility index (Phi) is 7.53. The summed E-state index contributed by atoms with van der Waals surface area (Å²) in [5.74, 6) is 0.632. The lowest BCUT2D eigenvalue weighted by atomic mass is 10.1. The molecule has 0 fully saturated rings. The van der Waals surface area contributed by atoms with Crippen molar-refractivity contribution in [3.63, 3.8) is 0 Å². The van der Waals surface area contributed by atoms with E-state index in [2.05, 4.69) is 12.2 Å². The van der Waals surface area contributed by atoms with Gasteiger partial charge in [-0.2, -0.15) is 0 Å². The molecule has 6 nitrogen and oxygen atoms in total. The monoisotopic (exact) mass is 296 g/mol. The summed E-state index contributed by atoms with van der Waals surface area (Å²) >= 11 is 0. The van der Waals surface area contributed by atoms with Crippen molar-refractivity contribution < 1.29 is 14.4 Å². The molecule has 0 aromatic heterocycles. The van der Waals surface area contributed by atoms with Crippen molar-refractivity contribution in [2.75, 3.05) is 20.3 Å². The van der Waals surface area contributed by atoms with Gasteiger partial charge in [0, 0.05) is 12.6 Å².